The van der Waals surface area contributed by atoms with Crippen molar-refractivity contribution in [3.63, 3.8) is 0 Å². The Balaban J connectivity index is 2.09. The molecule has 0 atom stereocenters. The highest BCUT2D eigenvalue weighted by atomic mass is 15.1. The zero-order valence-electron chi connectivity index (χ0n) is 9.43. The molecule has 0 aliphatic rings. The van der Waals surface area contributed by atoms with Crippen LogP contribution in [0.15, 0.2) is 54.6 Å². The fraction of sp³-hybridized carbons (Fsp3) is 0.143. The second-order valence-electron chi connectivity index (χ2n) is 3.93. The summed E-state index contributed by atoms with van der Waals surface area (Å²) in [5.41, 5.74) is 8.95. The van der Waals surface area contributed by atoms with Crippen LogP contribution in [-0.2, 0) is 6.54 Å². The Morgan fingerprint density at radius 2 is 1.56 bits per heavy atom. The average molecular weight is 212 g/mol. The van der Waals surface area contributed by atoms with E-state index in [2.05, 4.69) is 36.2 Å². The first kappa shape index (κ1) is 10.6. The highest BCUT2D eigenvalue weighted by Gasteiger charge is 2.00. The number of nitrogens with zero attached hydrogens (tertiary/aromatic N) is 1. The van der Waals surface area contributed by atoms with Crippen LogP contribution in [-0.4, -0.2) is 7.05 Å². The number of hydrogen-bond acceptors (Lipinski definition) is 2. The van der Waals surface area contributed by atoms with Gasteiger partial charge in [-0.2, -0.15) is 0 Å². The predicted molar refractivity (Wildman–Crippen MR) is 69.4 cm³/mol. The second-order valence-corrected chi connectivity index (χ2v) is 3.93. The largest absolute Gasteiger partial charge is 0.399 e. The molecule has 0 radical (unpaired) electrons. The molecule has 0 amide bonds. The van der Waals surface area contributed by atoms with E-state index in [1.807, 2.05) is 30.3 Å². The molecule has 2 N–H and O–H groups in total. The summed E-state index contributed by atoms with van der Waals surface area (Å²) in [7, 11) is 2.08. The Hall–Kier alpha value is -1.96. The summed E-state index contributed by atoms with van der Waals surface area (Å²) in [6.07, 6.45) is 0. The van der Waals surface area contributed by atoms with Crippen LogP contribution in [0.3, 0.4) is 0 Å². The van der Waals surface area contributed by atoms with Crippen LogP contribution in [0, 0.1) is 0 Å². The maximum Gasteiger partial charge on any atom is 0.0426 e. The molecule has 0 spiro atoms. The minimum atomic E-state index is 0.803. The van der Waals surface area contributed by atoms with E-state index >= 15 is 0 Å². The van der Waals surface area contributed by atoms with Gasteiger partial charge in [0.05, 0.1) is 0 Å². The molecule has 16 heavy (non-hydrogen) atoms. The topological polar surface area (TPSA) is 29.3 Å². The van der Waals surface area contributed by atoms with Gasteiger partial charge in [0.25, 0.3) is 0 Å². The zero-order valence-corrected chi connectivity index (χ0v) is 9.43. The molecule has 2 heteroatoms. The van der Waals surface area contributed by atoms with E-state index in [-0.39, 0.29) is 0 Å². The third-order valence-electron chi connectivity index (χ3n) is 2.60. The molecule has 82 valence electrons. The van der Waals surface area contributed by atoms with E-state index in [4.69, 9.17) is 5.73 Å². The van der Waals surface area contributed by atoms with Crippen LogP contribution in [0.4, 0.5) is 11.4 Å². The minimum Gasteiger partial charge on any atom is -0.399 e. The van der Waals surface area contributed by atoms with Gasteiger partial charge in [0.1, 0.15) is 0 Å². The van der Waals surface area contributed by atoms with Gasteiger partial charge >= 0.3 is 0 Å². The number of nitrogen functional groups attached to an aromatic ring is 1. The Morgan fingerprint density at radius 1 is 0.938 bits per heavy atom. The average Bonchev–Trinajstić information content (AvgIpc) is 2.31. The van der Waals surface area contributed by atoms with Crippen molar-refractivity contribution in [1.82, 2.24) is 0 Å². The van der Waals surface area contributed by atoms with Gasteiger partial charge in [-0.15, -0.1) is 0 Å². The molecule has 0 aromatic heterocycles. The molecule has 0 saturated carbocycles. The highest BCUT2D eigenvalue weighted by Crippen LogP contribution is 2.16. The first-order chi connectivity index (χ1) is 7.75. The maximum atomic E-state index is 5.66. The van der Waals surface area contributed by atoms with Crippen molar-refractivity contribution in [3.05, 3.63) is 60.2 Å². The Bertz CT molecular complexity index is 434. The summed E-state index contributed by atoms with van der Waals surface area (Å²) in [6, 6.07) is 18.4. The van der Waals surface area contributed by atoms with Crippen LogP contribution in [0.2, 0.25) is 0 Å². The van der Waals surface area contributed by atoms with Crippen molar-refractivity contribution in [2.45, 2.75) is 6.54 Å². The number of anilines is 2. The molecular formula is C14H16N2. The summed E-state index contributed by atoms with van der Waals surface area (Å²) in [5.74, 6) is 0. The van der Waals surface area contributed by atoms with Crippen molar-refractivity contribution >= 4 is 11.4 Å². The lowest BCUT2D eigenvalue weighted by Gasteiger charge is -2.19. The number of rotatable bonds is 3. The molecule has 0 bridgehead atoms. The molecular weight excluding hydrogens is 196 g/mol. The van der Waals surface area contributed by atoms with Crippen LogP contribution in [0.5, 0.6) is 0 Å². The van der Waals surface area contributed by atoms with Gasteiger partial charge in [-0.05, 0) is 29.8 Å². The molecule has 0 fully saturated rings. The van der Waals surface area contributed by atoms with E-state index in [0.717, 1.165) is 12.2 Å². The summed E-state index contributed by atoms with van der Waals surface area (Å²) < 4.78 is 0. The van der Waals surface area contributed by atoms with Crippen LogP contribution in [0.1, 0.15) is 5.56 Å². The van der Waals surface area contributed by atoms with E-state index in [0.29, 0.717) is 0 Å². The van der Waals surface area contributed by atoms with Crippen molar-refractivity contribution in [3.8, 4) is 0 Å². The number of hydrogen-bond donors (Lipinski definition) is 1. The molecule has 0 aliphatic carbocycles. The quantitative estimate of drug-likeness (QED) is 0.793. The lowest BCUT2D eigenvalue weighted by molar-refractivity contribution is 0.923. The summed E-state index contributed by atoms with van der Waals surface area (Å²) in [6.45, 7) is 0.907. The van der Waals surface area contributed by atoms with Crippen molar-refractivity contribution < 1.29 is 0 Å². The smallest absolute Gasteiger partial charge is 0.0426 e. The van der Waals surface area contributed by atoms with Gasteiger partial charge < -0.3 is 10.6 Å². The third-order valence-corrected chi connectivity index (χ3v) is 2.60. The van der Waals surface area contributed by atoms with Crippen molar-refractivity contribution in [2.24, 2.45) is 0 Å². The lowest BCUT2D eigenvalue weighted by Crippen LogP contribution is -2.16. The van der Waals surface area contributed by atoms with Gasteiger partial charge in [-0.25, -0.2) is 0 Å². The highest BCUT2D eigenvalue weighted by molar-refractivity contribution is 5.52. The maximum absolute atomic E-state index is 5.66. The minimum absolute atomic E-state index is 0.803. The van der Waals surface area contributed by atoms with E-state index in [1.54, 1.807) is 0 Å². The number of benzene rings is 2. The molecule has 0 saturated heterocycles. The number of nitrogens with two attached hydrogens (primary N) is 1. The molecule has 0 unspecified atom stereocenters. The monoisotopic (exact) mass is 212 g/mol. The normalized spacial score (nSPS) is 10.1. The standard InChI is InChI=1S/C14H16N2/c1-16(11-12-5-3-2-4-6-12)14-9-7-13(15)8-10-14/h2-10H,11,15H2,1H3. The van der Waals surface area contributed by atoms with Crippen LogP contribution in [0.25, 0.3) is 0 Å². The fourth-order valence-electron chi connectivity index (χ4n) is 1.68. The molecule has 2 aromatic rings. The van der Waals surface area contributed by atoms with Crippen molar-refractivity contribution in [1.29, 1.82) is 0 Å². The van der Waals surface area contributed by atoms with Gasteiger partial charge in [-0.1, -0.05) is 30.3 Å². The predicted octanol–water partition coefficient (Wildman–Crippen LogP) is 2.91. The fourth-order valence-corrected chi connectivity index (χ4v) is 1.68. The van der Waals surface area contributed by atoms with Crippen molar-refractivity contribution in [2.75, 3.05) is 17.7 Å². The zero-order chi connectivity index (χ0) is 11.4. The Labute approximate surface area is 96.3 Å². The van der Waals surface area contributed by atoms with Crippen LogP contribution < -0.4 is 10.6 Å². The van der Waals surface area contributed by atoms with E-state index in [1.165, 1.54) is 11.3 Å². The van der Waals surface area contributed by atoms with E-state index in [9.17, 15) is 0 Å². The van der Waals surface area contributed by atoms with Crippen LogP contribution >= 0.6 is 0 Å². The molecule has 2 rings (SSSR count). The summed E-state index contributed by atoms with van der Waals surface area (Å²) in [4.78, 5) is 2.20. The lowest BCUT2D eigenvalue weighted by atomic mass is 10.2. The second kappa shape index (κ2) is 4.71. The first-order valence-corrected chi connectivity index (χ1v) is 5.36. The Kier molecular flexibility index (Phi) is 3.10. The summed E-state index contributed by atoms with van der Waals surface area (Å²) >= 11 is 0. The van der Waals surface area contributed by atoms with E-state index < -0.39 is 0 Å². The SMILES string of the molecule is CN(Cc1ccccc1)c1ccc(N)cc1. The molecule has 0 heterocycles. The van der Waals surface area contributed by atoms with Gasteiger partial charge in [0.2, 0.25) is 0 Å². The van der Waals surface area contributed by atoms with Gasteiger partial charge in [0, 0.05) is 25.0 Å². The molecule has 2 aromatic carbocycles. The van der Waals surface area contributed by atoms with Gasteiger partial charge in [0.15, 0.2) is 0 Å². The third kappa shape index (κ3) is 2.54. The first-order valence-electron chi connectivity index (χ1n) is 5.36. The molecule has 2 nitrogen and oxygen atoms in total. The van der Waals surface area contributed by atoms with Gasteiger partial charge in [-0.3, -0.25) is 0 Å². The Morgan fingerprint density at radius 3 is 2.19 bits per heavy atom. The summed E-state index contributed by atoms with van der Waals surface area (Å²) in [5, 5.41) is 0. The molecule has 0 aliphatic heterocycles.